The summed E-state index contributed by atoms with van der Waals surface area (Å²) in [6.45, 7) is 4.64. The minimum Gasteiger partial charge on any atom is -0.214 e. The van der Waals surface area contributed by atoms with Crippen LogP contribution in [0, 0.1) is 11.3 Å². The SMILES string of the molecule is CCCCCCCCCC(C#N)S(=O)(=O)NCCCC. The topological polar surface area (TPSA) is 70.0 Å². The van der Waals surface area contributed by atoms with Crippen molar-refractivity contribution in [3.8, 4) is 6.07 Å². The maximum atomic E-state index is 11.9. The summed E-state index contributed by atoms with van der Waals surface area (Å²) in [7, 11) is -3.46. The summed E-state index contributed by atoms with van der Waals surface area (Å²) in [5.41, 5.74) is 0. The highest BCUT2D eigenvalue weighted by Crippen LogP contribution is 2.13. The summed E-state index contributed by atoms with van der Waals surface area (Å²) in [6.07, 6.45) is 10.2. The van der Waals surface area contributed by atoms with E-state index in [0.29, 0.717) is 13.0 Å². The third kappa shape index (κ3) is 9.33. The second-order valence-electron chi connectivity index (χ2n) is 5.32. The average molecular weight is 302 g/mol. The third-order valence-electron chi connectivity index (χ3n) is 3.42. The zero-order valence-corrected chi connectivity index (χ0v) is 13.8. The van der Waals surface area contributed by atoms with Gasteiger partial charge in [0.05, 0.1) is 6.07 Å². The average Bonchev–Trinajstić information content (AvgIpc) is 2.42. The van der Waals surface area contributed by atoms with Crippen LogP contribution in [0.5, 0.6) is 0 Å². The molecule has 0 radical (unpaired) electrons. The molecule has 0 aliphatic heterocycles. The van der Waals surface area contributed by atoms with Crippen molar-refractivity contribution in [1.29, 1.82) is 5.26 Å². The smallest absolute Gasteiger partial charge is 0.214 e. The first-order valence-corrected chi connectivity index (χ1v) is 9.51. The Morgan fingerprint density at radius 1 is 0.950 bits per heavy atom. The summed E-state index contributed by atoms with van der Waals surface area (Å²) in [6, 6.07) is 1.93. The van der Waals surface area contributed by atoms with Gasteiger partial charge in [-0.1, -0.05) is 65.2 Å². The molecule has 1 N–H and O–H groups in total. The molecule has 5 heteroatoms. The fourth-order valence-corrected chi connectivity index (χ4v) is 3.31. The molecule has 0 rings (SSSR count). The van der Waals surface area contributed by atoms with Crippen molar-refractivity contribution >= 4 is 10.0 Å². The van der Waals surface area contributed by atoms with Gasteiger partial charge in [-0.25, -0.2) is 13.1 Å². The fourth-order valence-electron chi connectivity index (χ4n) is 2.07. The van der Waals surface area contributed by atoms with Crippen molar-refractivity contribution in [2.24, 2.45) is 0 Å². The van der Waals surface area contributed by atoms with Gasteiger partial charge in [0.25, 0.3) is 0 Å². The summed E-state index contributed by atoms with van der Waals surface area (Å²) in [4.78, 5) is 0. The highest BCUT2D eigenvalue weighted by Gasteiger charge is 2.23. The van der Waals surface area contributed by atoms with Crippen LogP contribution >= 0.6 is 0 Å². The third-order valence-corrected chi connectivity index (χ3v) is 5.12. The summed E-state index contributed by atoms with van der Waals surface area (Å²) < 4.78 is 26.3. The van der Waals surface area contributed by atoms with E-state index in [-0.39, 0.29) is 0 Å². The highest BCUT2D eigenvalue weighted by molar-refractivity contribution is 7.90. The number of nitrogens with one attached hydrogen (secondary N) is 1. The molecule has 0 amide bonds. The number of sulfonamides is 1. The van der Waals surface area contributed by atoms with E-state index in [0.717, 1.165) is 32.1 Å². The Hall–Kier alpha value is -0.600. The molecule has 1 atom stereocenters. The first-order chi connectivity index (χ1) is 9.58. The maximum absolute atomic E-state index is 11.9. The Bertz CT molecular complexity index is 361. The molecule has 0 aromatic heterocycles. The van der Waals surface area contributed by atoms with Crippen LogP contribution < -0.4 is 4.72 Å². The predicted octanol–water partition coefficient (Wildman–Crippen LogP) is 3.74. The summed E-state index contributed by atoms with van der Waals surface area (Å²) in [5, 5.41) is 8.13. The Morgan fingerprint density at radius 3 is 2.05 bits per heavy atom. The van der Waals surface area contributed by atoms with E-state index >= 15 is 0 Å². The molecule has 4 nitrogen and oxygen atoms in total. The molecule has 0 spiro atoms. The number of unbranched alkanes of at least 4 members (excludes halogenated alkanes) is 7. The lowest BCUT2D eigenvalue weighted by Crippen LogP contribution is -2.34. The van der Waals surface area contributed by atoms with Crippen LogP contribution in [0.15, 0.2) is 0 Å². The van der Waals surface area contributed by atoms with Gasteiger partial charge in [0.15, 0.2) is 5.25 Å². The molecule has 0 aromatic rings. The summed E-state index contributed by atoms with van der Waals surface area (Å²) in [5.74, 6) is 0. The van der Waals surface area contributed by atoms with Gasteiger partial charge in [0.2, 0.25) is 10.0 Å². The number of hydrogen-bond donors (Lipinski definition) is 1. The van der Waals surface area contributed by atoms with Crippen molar-refractivity contribution in [2.75, 3.05) is 6.54 Å². The zero-order chi connectivity index (χ0) is 15.3. The number of nitriles is 1. The van der Waals surface area contributed by atoms with Crippen molar-refractivity contribution in [2.45, 2.75) is 83.3 Å². The van der Waals surface area contributed by atoms with E-state index < -0.39 is 15.3 Å². The fraction of sp³-hybridized carbons (Fsp3) is 0.933. The van der Waals surface area contributed by atoms with E-state index in [9.17, 15) is 8.42 Å². The molecule has 0 aromatic carbocycles. The van der Waals surface area contributed by atoms with Crippen LogP contribution in [0.2, 0.25) is 0 Å². The Morgan fingerprint density at radius 2 is 1.50 bits per heavy atom. The van der Waals surface area contributed by atoms with Gasteiger partial charge in [-0.15, -0.1) is 0 Å². The first kappa shape index (κ1) is 19.4. The predicted molar refractivity (Wildman–Crippen MR) is 83.8 cm³/mol. The van der Waals surface area contributed by atoms with Crippen LogP contribution in [0.25, 0.3) is 0 Å². The van der Waals surface area contributed by atoms with Crippen LogP contribution in [0.4, 0.5) is 0 Å². The van der Waals surface area contributed by atoms with E-state index in [2.05, 4.69) is 11.6 Å². The quantitative estimate of drug-likeness (QED) is 0.527. The lowest BCUT2D eigenvalue weighted by atomic mass is 10.1. The van der Waals surface area contributed by atoms with Crippen LogP contribution in [0.3, 0.4) is 0 Å². The highest BCUT2D eigenvalue weighted by atomic mass is 32.2. The largest absolute Gasteiger partial charge is 0.227 e. The van der Waals surface area contributed by atoms with Crippen molar-refractivity contribution < 1.29 is 8.42 Å². The van der Waals surface area contributed by atoms with Crippen molar-refractivity contribution in [1.82, 2.24) is 4.72 Å². The molecule has 1 unspecified atom stereocenters. The molecule has 0 fully saturated rings. The minimum absolute atomic E-state index is 0.439. The van der Waals surface area contributed by atoms with E-state index in [1.165, 1.54) is 25.7 Å². The second kappa shape index (κ2) is 12.2. The second-order valence-corrected chi connectivity index (χ2v) is 7.27. The molecule has 0 heterocycles. The molecule has 20 heavy (non-hydrogen) atoms. The molecule has 0 saturated heterocycles. The maximum Gasteiger partial charge on any atom is 0.227 e. The van der Waals surface area contributed by atoms with Gasteiger partial charge >= 0.3 is 0 Å². The van der Waals surface area contributed by atoms with Crippen molar-refractivity contribution in [3.63, 3.8) is 0 Å². The zero-order valence-electron chi connectivity index (χ0n) is 13.0. The molecule has 0 bridgehead atoms. The van der Waals surface area contributed by atoms with Gasteiger partial charge in [0.1, 0.15) is 0 Å². The molecule has 118 valence electrons. The monoisotopic (exact) mass is 302 g/mol. The van der Waals surface area contributed by atoms with E-state index in [1.807, 2.05) is 13.0 Å². The minimum atomic E-state index is -3.46. The standard InChI is InChI=1S/C15H30N2O2S/c1-3-5-7-8-9-10-11-12-15(14-16)20(18,19)17-13-6-4-2/h15,17H,3-13H2,1-2H3. The number of hydrogen-bond acceptors (Lipinski definition) is 3. The summed E-state index contributed by atoms with van der Waals surface area (Å²) >= 11 is 0. The molecule has 0 saturated carbocycles. The van der Waals surface area contributed by atoms with Crippen molar-refractivity contribution in [3.05, 3.63) is 0 Å². The Balaban J connectivity index is 3.88. The molecular formula is C15H30N2O2S. The van der Waals surface area contributed by atoms with Crippen LogP contribution in [-0.2, 0) is 10.0 Å². The van der Waals surface area contributed by atoms with Gasteiger partial charge in [0, 0.05) is 6.54 Å². The lowest BCUT2D eigenvalue weighted by molar-refractivity contribution is 0.550. The Kier molecular flexibility index (Phi) is 11.8. The van der Waals surface area contributed by atoms with Gasteiger partial charge in [-0.3, -0.25) is 0 Å². The number of nitrogens with zero attached hydrogens (tertiary/aromatic N) is 1. The molecular weight excluding hydrogens is 272 g/mol. The van der Waals surface area contributed by atoms with Gasteiger partial charge in [-0.2, -0.15) is 5.26 Å². The lowest BCUT2D eigenvalue weighted by Gasteiger charge is -2.11. The first-order valence-electron chi connectivity index (χ1n) is 7.96. The van der Waals surface area contributed by atoms with Crippen LogP contribution in [0.1, 0.15) is 78.1 Å². The Labute approximate surface area is 125 Å². The van der Waals surface area contributed by atoms with Gasteiger partial charge < -0.3 is 0 Å². The molecule has 0 aliphatic carbocycles. The van der Waals surface area contributed by atoms with E-state index in [4.69, 9.17) is 5.26 Å². The van der Waals surface area contributed by atoms with E-state index in [1.54, 1.807) is 0 Å². The molecule has 0 aliphatic rings. The normalized spacial score (nSPS) is 13.1. The number of rotatable bonds is 13. The van der Waals surface area contributed by atoms with Gasteiger partial charge in [-0.05, 0) is 12.8 Å². The van der Waals surface area contributed by atoms with Crippen LogP contribution in [-0.4, -0.2) is 20.2 Å².